The summed E-state index contributed by atoms with van der Waals surface area (Å²) < 4.78 is 0. The van der Waals surface area contributed by atoms with Crippen LogP contribution in [0.4, 0.5) is 0 Å². The Morgan fingerprint density at radius 2 is 1.76 bits per heavy atom. The van der Waals surface area contributed by atoms with E-state index in [1.165, 1.54) is 12.1 Å². The molecule has 2 rings (SSSR count). The minimum absolute atomic E-state index is 0.0405. The van der Waals surface area contributed by atoms with Crippen LogP contribution in [0.3, 0.4) is 0 Å². The van der Waals surface area contributed by atoms with E-state index in [4.69, 9.17) is 0 Å². The van der Waals surface area contributed by atoms with Crippen LogP contribution >= 0.6 is 0 Å². The van der Waals surface area contributed by atoms with Crippen molar-refractivity contribution in [2.75, 3.05) is 0 Å². The fraction of sp³-hybridized carbons (Fsp3) is 0.188. The molecule has 0 heterocycles. The maximum atomic E-state index is 11.4. The van der Waals surface area contributed by atoms with E-state index in [0.29, 0.717) is 11.1 Å². The molecule has 2 aromatic rings. The third kappa shape index (κ3) is 3.52. The third-order valence-corrected chi connectivity index (χ3v) is 3.28. The van der Waals surface area contributed by atoms with Crippen LogP contribution in [0.15, 0.2) is 48.5 Å². The summed E-state index contributed by atoms with van der Waals surface area (Å²) in [5.41, 5.74) is 1.16. The van der Waals surface area contributed by atoms with Crippen molar-refractivity contribution in [3.63, 3.8) is 0 Å². The Bertz CT molecular complexity index is 627. The maximum Gasteiger partial charge on any atom is 0.325 e. The minimum atomic E-state index is -0.994. The largest absolute Gasteiger partial charge is 0.508 e. The van der Waals surface area contributed by atoms with Gasteiger partial charge in [0.2, 0.25) is 0 Å². The van der Waals surface area contributed by atoms with E-state index in [2.05, 4.69) is 5.32 Å². The standard InChI is InChI=1S/C16H17NO4/c1-10(13-8-7-12(18)9-14(13)19)17-15(16(20)21)11-5-3-2-4-6-11/h2-10,15,17-19H,1H3,(H,20,21). The van der Waals surface area contributed by atoms with Gasteiger partial charge in [0.1, 0.15) is 17.5 Å². The molecular weight excluding hydrogens is 270 g/mol. The molecule has 2 aromatic carbocycles. The second-order valence-corrected chi connectivity index (χ2v) is 4.81. The number of hydrogen-bond acceptors (Lipinski definition) is 4. The maximum absolute atomic E-state index is 11.4. The lowest BCUT2D eigenvalue weighted by atomic mass is 10.0. The summed E-state index contributed by atoms with van der Waals surface area (Å²) >= 11 is 0. The first-order valence-electron chi connectivity index (χ1n) is 6.54. The Balaban J connectivity index is 2.23. The van der Waals surface area contributed by atoms with Gasteiger partial charge in [-0.3, -0.25) is 10.1 Å². The summed E-state index contributed by atoms with van der Waals surface area (Å²) in [5.74, 6) is -1.11. The molecule has 2 unspecified atom stereocenters. The van der Waals surface area contributed by atoms with E-state index in [0.717, 1.165) is 0 Å². The fourth-order valence-electron chi connectivity index (χ4n) is 2.19. The number of aromatic hydroxyl groups is 2. The molecule has 0 spiro atoms. The number of carbonyl (C=O) groups is 1. The van der Waals surface area contributed by atoms with Gasteiger partial charge in [0.25, 0.3) is 0 Å². The van der Waals surface area contributed by atoms with Crippen LogP contribution < -0.4 is 5.32 Å². The van der Waals surface area contributed by atoms with E-state index >= 15 is 0 Å². The van der Waals surface area contributed by atoms with Crippen LogP contribution in [0.25, 0.3) is 0 Å². The molecule has 0 aromatic heterocycles. The average molecular weight is 287 g/mol. The molecule has 4 N–H and O–H groups in total. The number of aliphatic carboxylic acids is 1. The van der Waals surface area contributed by atoms with Gasteiger partial charge in [-0.1, -0.05) is 36.4 Å². The molecule has 0 amide bonds. The van der Waals surface area contributed by atoms with E-state index in [1.54, 1.807) is 37.3 Å². The molecular formula is C16H17NO4. The topological polar surface area (TPSA) is 89.8 Å². The summed E-state index contributed by atoms with van der Waals surface area (Å²) in [7, 11) is 0. The second kappa shape index (κ2) is 6.28. The molecule has 0 fully saturated rings. The summed E-state index contributed by atoms with van der Waals surface area (Å²) in [6.45, 7) is 1.75. The first-order chi connectivity index (χ1) is 9.99. The number of rotatable bonds is 5. The number of benzene rings is 2. The van der Waals surface area contributed by atoms with Gasteiger partial charge < -0.3 is 15.3 Å². The lowest BCUT2D eigenvalue weighted by Gasteiger charge is -2.21. The number of carboxylic acids is 1. The van der Waals surface area contributed by atoms with Crippen molar-refractivity contribution in [1.29, 1.82) is 0 Å². The summed E-state index contributed by atoms with van der Waals surface area (Å²) in [4.78, 5) is 11.4. The molecule has 0 aliphatic rings. The summed E-state index contributed by atoms with van der Waals surface area (Å²) in [6, 6.07) is 11.8. The van der Waals surface area contributed by atoms with Crippen LogP contribution in [0.5, 0.6) is 11.5 Å². The number of nitrogens with one attached hydrogen (secondary N) is 1. The van der Waals surface area contributed by atoms with Crippen molar-refractivity contribution in [3.05, 3.63) is 59.7 Å². The molecule has 5 nitrogen and oxygen atoms in total. The molecule has 0 aliphatic carbocycles. The molecule has 21 heavy (non-hydrogen) atoms. The molecule has 0 radical (unpaired) electrons. The van der Waals surface area contributed by atoms with Crippen molar-refractivity contribution in [2.45, 2.75) is 19.0 Å². The van der Waals surface area contributed by atoms with Gasteiger partial charge in [-0.05, 0) is 18.6 Å². The monoisotopic (exact) mass is 287 g/mol. The van der Waals surface area contributed by atoms with E-state index < -0.39 is 18.1 Å². The van der Waals surface area contributed by atoms with Crippen molar-refractivity contribution in [1.82, 2.24) is 5.32 Å². The van der Waals surface area contributed by atoms with Crippen LogP contribution in [-0.2, 0) is 4.79 Å². The Hall–Kier alpha value is -2.53. The number of hydrogen-bond donors (Lipinski definition) is 4. The minimum Gasteiger partial charge on any atom is -0.508 e. The molecule has 2 atom stereocenters. The zero-order valence-electron chi connectivity index (χ0n) is 11.5. The van der Waals surface area contributed by atoms with E-state index in [-0.39, 0.29) is 11.5 Å². The number of phenols is 2. The highest BCUT2D eigenvalue weighted by Crippen LogP contribution is 2.29. The SMILES string of the molecule is CC(NC(C(=O)O)c1ccccc1)c1ccc(O)cc1O. The number of carboxylic acid groups (broad SMARTS) is 1. The van der Waals surface area contributed by atoms with Crippen LogP contribution in [-0.4, -0.2) is 21.3 Å². The smallest absolute Gasteiger partial charge is 0.325 e. The van der Waals surface area contributed by atoms with Gasteiger partial charge >= 0.3 is 5.97 Å². The lowest BCUT2D eigenvalue weighted by molar-refractivity contribution is -0.139. The van der Waals surface area contributed by atoms with Crippen LogP contribution in [0.2, 0.25) is 0 Å². The first-order valence-corrected chi connectivity index (χ1v) is 6.54. The zero-order chi connectivity index (χ0) is 15.4. The second-order valence-electron chi connectivity index (χ2n) is 4.81. The van der Waals surface area contributed by atoms with E-state index in [1.807, 2.05) is 6.07 Å². The predicted molar refractivity (Wildman–Crippen MR) is 78.1 cm³/mol. The lowest BCUT2D eigenvalue weighted by Crippen LogP contribution is -2.30. The van der Waals surface area contributed by atoms with Gasteiger partial charge in [0, 0.05) is 17.7 Å². The molecule has 5 heteroatoms. The highest BCUT2D eigenvalue weighted by molar-refractivity contribution is 5.75. The van der Waals surface area contributed by atoms with Crippen molar-refractivity contribution < 1.29 is 20.1 Å². The zero-order valence-corrected chi connectivity index (χ0v) is 11.5. The third-order valence-electron chi connectivity index (χ3n) is 3.28. The van der Waals surface area contributed by atoms with Gasteiger partial charge in [-0.2, -0.15) is 0 Å². The Morgan fingerprint density at radius 3 is 2.33 bits per heavy atom. The van der Waals surface area contributed by atoms with Crippen LogP contribution in [0, 0.1) is 0 Å². The van der Waals surface area contributed by atoms with Gasteiger partial charge in [0.15, 0.2) is 0 Å². The van der Waals surface area contributed by atoms with Gasteiger partial charge in [-0.25, -0.2) is 0 Å². The van der Waals surface area contributed by atoms with Crippen molar-refractivity contribution in [2.24, 2.45) is 0 Å². The van der Waals surface area contributed by atoms with E-state index in [9.17, 15) is 20.1 Å². The summed E-state index contributed by atoms with van der Waals surface area (Å²) in [6.07, 6.45) is 0. The quantitative estimate of drug-likeness (QED) is 0.678. The molecule has 0 bridgehead atoms. The van der Waals surface area contributed by atoms with Gasteiger partial charge in [-0.15, -0.1) is 0 Å². The molecule has 0 aliphatic heterocycles. The highest BCUT2D eigenvalue weighted by atomic mass is 16.4. The van der Waals surface area contributed by atoms with Gasteiger partial charge in [0.05, 0.1) is 0 Å². The Labute approximate surface area is 122 Å². The summed E-state index contributed by atoms with van der Waals surface area (Å²) in [5, 5.41) is 31.5. The first kappa shape index (κ1) is 14.9. The molecule has 0 saturated carbocycles. The molecule has 110 valence electrons. The van der Waals surface area contributed by atoms with Crippen LogP contribution in [0.1, 0.15) is 30.1 Å². The Morgan fingerprint density at radius 1 is 1.10 bits per heavy atom. The molecule has 0 saturated heterocycles. The van der Waals surface area contributed by atoms with Crippen molar-refractivity contribution >= 4 is 5.97 Å². The Kier molecular flexibility index (Phi) is 4.45. The predicted octanol–water partition coefficient (Wildman–Crippen LogP) is 2.57. The van der Waals surface area contributed by atoms with Crippen molar-refractivity contribution in [3.8, 4) is 11.5 Å². The fourth-order valence-corrected chi connectivity index (χ4v) is 2.19. The highest BCUT2D eigenvalue weighted by Gasteiger charge is 2.23. The normalized spacial score (nSPS) is 13.6. The number of phenolic OH excluding ortho intramolecular Hbond substituents is 2. The average Bonchev–Trinajstić information content (AvgIpc) is 2.45.